The zero-order valence-electron chi connectivity index (χ0n) is 9.14. The van der Waals surface area contributed by atoms with Crippen LogP contribution in [0.3, 0.4) is 0 Å². The number of halogens is 1. The molecule has 0 bridgehead atoms. The average molecular weight is 241 g/mol. The van der Waals surface area contributed by atoms with Crippen molar-refractivity contribution in [3.05, 3.63) is 35.6 Å². The van der Waals surface area contributed by atoms with Gasteiger partial charge >= 0.3 is 5.97 Å². The van der Waals surface area contributed by atoms with E-state index in [-0.39, 0.29) is 5.56 Å². The van der Waals surface area contributed by atoms with Gasteiger partial charge in [0.1, 0.15) is 5.82 Å². The smallest absolute Gasteiger partial charge is 0.330 e. The summed E-state index contributed by atoms with van der Waals surface area (Å²) in [5, 5.41) is 11.1. The maximum atomic E-state index is 13.2. The minimum absolute atomic E-state index is 0.199. The van der Waals surface area contributed by atoms with E-state index in [9.17, 15) is 14.0 Å². The molecule has 0 aliphatic heterocycles. The number of ether oxygens (including phenoxy) is 1. The van der Waals surface area contributed by atoms with Crippen molar-refractivity contribution in [1.82, 2.24) is 5.32 Å². The largest absolute Gasteiger partial charge is 0.467 e. The Morgan fingerprint density at radius 3 is 2.65 bits per heavy atom. The van der Waals surface area contributed by atoms with Crippen molar-refractivity contribution in [2.75, 3.05) is 13.7 Å². The van der Waals surface area contributed by atoms with Crippen LogP contribution in [0.25, 0.3) is 0 Å². The molecule has 0 fully saturated rings. The lowest BCUT2D eigenvalue weighted by atomic mass is 10.2. The fraction of sp³-hybridized carbons (Fsp3) is 0.273. The van der Waals surface area contributed by atoms with Crippen LogP contribution in [0.2, 0.25) is 0 Å². The first-order valence-corrected chi connectivity index (χ1v) is 4.84. The van der Waals surface area contributed by atoms with Crippen LogP contribution in [0.1, 0.15) is 10.4 Å². The first-order valence-electron chi connectivity index (χ1n) is 4.84. The summed E-state index contributed by atoms with van der Waals surface area (Å²) < 4.78 is 17.6. The van der Waals surface area contributed by atoms with Gasteiger partial charge in [0.05, 0.1) is 19.3 Å². The van der Waals surface area contributed by atoms with Gasteiger partial charge in [-0.2, -0.15) is 0 Å². The predicted molar refractivity (Wildman–Crippen MR) is 56.8 cm³/mol. The number of carbonyl (C=O) groups is 2. The van der Waals surface area contributed by atoms with Gasteiger partial charge in [0.2, 0.25) is 0 Å². The van der Waals surface area contributed by atoms with Crippen molar-refractivity contribution in [2.24, 2.45) is 0 Å². The lowest BCUT2D eigenvalue weighted by Gasteiger charge is -2.13. The Bertz CT molecular complexity index is 422. The molecule has 92 valence electrons. The zero-order chi connectivity index (χ0) is 12.8. The number of carbonyl (C=O) groups excluding carboxylic acids is 2. The van der Waals surface area contributed by atoms with Gasteiger partial charge in [0.15, 0.2) is 6.04 Å². The highest BCUT2D eigenvalue weighted by molar-refractivity contribution is 5.97. The molecule has 6 heteroatoms. The van der Waals surface area contributed by atoms with Crippen LogP contribution in [0.4, 0.5) is 4.39 Å². The molecular weight excluding hydrogens is 229 g/mol. The van der Waals surface area contributed by atoms with Crippen LogP contribution in [0, 0.1) is 5.82 Å². The van der Waals surface area contributed by atoms with E-state index >= 15 is 0 Å². The minimum atomic E-state index is -1.20. The first kappa shape index (κ1) is 13.1. The molecule has 0 saturated carbocycles. The Morgan fingerprint density at radius 2 is 2.12 bits per heavy atom. The number of aliphatic hydroxyl groups is 1. The molecule has 1 aromatic carbocycles. The molecule has 1 amide bonds. The molecule has 17 heavy (non-hydrogen) atoms. The van der Waals surface area contributed by atoms with Crippen molar-refractivity contribution in [1.29, 1.82) is 0 Å². The van der Waals surface area contributed by atoms with Gasteiger partial charge in [0, 0.05) is 0 Å². The summed E-state index contributed by atoms with van der Waals surface area (Å²) in [6.45, 7) is -0.618. The highest BCUT2D eigenvalue weighted by Crippen LogP contribution is 2.06. The van der Waals surface area contributed by atoms with Gasteiger partial charge in [-0.25, -0.2) is 9.18 Å². The lowest BCUT2D eigenvalue weighted by Crippen LogP contribution is -2.44. The number of hydrogen-bond acceptors (Lipinski definition) is 4. The predicted octanol–water partition coefficient (Wildman–Crippen LogP) is 0.0894. The summed E-state index contributed by atoms with van der Waals surface area (Å²) in [6, 6.07) is 4.13. The number of esters is 1. The fourth-order valence-electron chi connectivity index (χ4n) is 1.20. The van der Waals surface area contributed by atoms with Gasteiger partial charge in [-0.3, -0.25) is 4.79 Å². The molecule has 1 aromatic rings. The van der Waals surface area contributed by atoms with Gasteiger partial charge in [-0.1, -0.05) is 12.1 Å². The van der Waals surface area contributed by atoms with E-state index in [1.807, 2.05) is 0 Å². The fourth-order valence-corrected chi connectivity index (χ4v) is 1.20. The van der Waals surface area contributed by atoms with Gasteiger partial charge in [-0.05, 0) is 12.1 Å². The topological polar surface area (TPSA) is 75.6 Å². The van der Waals surface area contributed by atoms with E-state index in [0.717, 1.165) is 13.2 Å². The van der Waals surface area contributed by atoms with Crippen LogP contribution in [-0.4, -0.2) is 36.7 Å². The monoisotopic (exact) mass is 241 g/mol. The summed E-state index contributed by atoms with van der Waals surface area (Å²) in [6.07, 6.45) is 0. The Kier molecular flexibility index (Phi) is 4.59. The number of amides is 1. The Morgan fingerprint density at radius 1 is 1.47 bits per heavy atom. The summed E-state index contributed by atoms with van der Waals surface area (Å²) in [7, 11) is 1.13. The first-order chi connectivity index (χ1) is 8.10. The Hall–Kier alpha value is -1.95. The SMILES string of the molecule is COC(=O)[C@@H](CO)NC(=O)c1ccccc1F. The number of nitrogens with one attached hydrogen (secondary N) is 1. The van der Waals surface area contributed by atoms with E-state index in [2.05, 4.69) is 10.1 Å². The number of methoxy groups -OCH3 is 1. The molecule has 0 radical (unpaired) electrons. The van der Waals surface area contributed by atoms with Crippen molar-refractivity contribution in [3.63, 3.8) is 0 Å². The Balaban J connectivity index is 2.78. The van der Waals surface area contributed by atoms with Crippen LogP contribution in [0.5, 0.6) is 0 Å². The maximum absolute atomic E-state index is 13.2. The molecule has 5 nitrogen and oxygen atoms in total. The van der Waals surface area contributed by atoms with Crippen molar-refractivity contribution in [2.45, 2.75) is 6.04 Å². The van der Waals surface area contributed by atoms with Gasteiger partial charge in [-0.15, -0.1) is 0 Å². The van der Waals surface area contributed by atoms with Crippen LogP contribution in [0.15, 0.2) is 24.3 Å². The Labute approximate surface area is 97.2 Å². The van der Waals surface area contributed by atoms with Crippen molar-refractivity contribution < 1.29 is 23.8 Å². The molecule has 0 aliphatic carbocycles. The number of hydrogen-bond donors (Lipinski definition) is 2. The van der Waals surface area contributed by atoms with Gasteiger partial charge in [0.25, 0.3) is 5.91 Å². The van der Waals surface area contributed by atoms with E-state index < -0.39 is 30.3 Å². The van der Waals surface area contributed by atoms with E-state index in [1.54, 1.807) is 0 Å². The van der Waals surface area contributed by atoms with Crippen LogP contribution in [-0.2, 0) is 9.53 Å². The van der Waals surface area contributed by atoms with E-state index in [0.29, 0.717) is 0 Å². The highest BCUT2D eigenvalue weighted by Gasteiger charge is 2.22. The molecule has 2 N–H and O–H groups in total. The van der Waals surface area contributed by atoms with Crippen molar-refractivity contribution in [3.8, 4) is 0 Å². The highest BCUT2D eigenvalue weighted by atomic mass is 19.1. The molecule has 0 unspecified atom stereocenters. The molecule has 0 heterocycles. The molecule has 1 atom stereocenters. The van der Waals surface area contributed by atoms with Crippen LogP contribution >= 0.6 is 0 Å². The standard InChI is InChI=1S/C11H12FNO4/c1-17-11(16)9(6-14)13-10(15)7-4-2-3-5-8(7)12/h2-5,9,14H,6H2,1H3,(H,13,15)/t9-/m1/s1. The van der Waals surface area contributed by atoms with Crippen LogP contribution < -0.4 is 5.32 Å². The third-order valence-electron chi connectivity index (χ3n) is 2.09. The summed E-state index contributed by atoms with van der Waals surface area (Å²) in [5.41, 5.74) is -0.199. The molecular formula is C11H12FNO4. The average Bonchev–Trinajstić information content (AvgIpc) is 2.35. The molecule has 0 aromatic heterocycles. The van der Waals surface area contributed by atoms with E-state index in [1.165, 1.54) is 18.2 Å². The van der Waals surface area contributed by atoms with E-state index in [4.69, 9.17) is 5.11 Å². The number of benzene rings is 1. The summed E-state index contributed by atoms with van der Waals surface area (Å²) in [5.74, 6) is -2.28. The molecule has 0 aliphatic rings. The second-order valence-corrected chi connectivity index (χ2v) is 3.21. The normalized spacial score (nSPS) is 11.7. The second kappa shape index (κ2) is 5.95. The number of aliphatic hydroxyl groups excluding tert-OH is 1. The third-order valence-corrected chi connectivity index (χ3v) is 2.09. The second-order valence-electron chi connectivity index (χ2n) is 3.21. The third kappa shape index (κ3) is 3.25. The number of rotatable bonds is 4. The maximum Gasteiger partial charge on any atom is 0.330 e. The summed E-state index contributed by atoms with van der Waals surface area (Å²) >= 11 is 0. The molecule has 1 rings (SSSR count). The minimum Gasteiger partial charge on any atom is -0.467 e. The van der Waals surface area contributed by atoms with Gasteiger partial charge < -0.3 is 15.2 Å². The lowest BCUT2D eigenvalue weighted by molar-refractivity contribution is -0.143. The molecule has 0 spiro atoms. The summed E-state index contributed by atoms with van der Waals surface area (Å²) in [4.78, 5) is 22.7. The quantitative estimate of drug-likeness (QED) is 0.732. The zero-order valence-corrected chi connectivity index (χ0v) is 9.14. The van der Waals surface area contributed by atoms with Crippen molar-refractivity contribution >= 4 is 11.9 Å². The molecule has 0 saturated heterocycles.